The van der Waals surface area contributed by atoms with Crippen molar-refractivity contribution in [1.82, 2.24) is 5.43 Å². The van der Waals surface area contributed by atoms with E-state index in [1.54, 1.807) is 6.21 Å². The summed E-state index contributed by atoms with van der Waals surface area (Å²) < 4.78 is 0. The second-order valence-corrected chi connectivity index (χ2v) is 2.54. The molecule has 5 nitrogen and oxygen atoms in total. The minimum atomic E-state index is -0.106. The molecule has 64 valence electrons. The van der Waals surface area contributed by atoms with Crippen molar-refractivity contribution in [3.05, 3.63) is 0 Å². The van der Waals surface area contributed by atoms with E-state index in [9.17, 15) is 0 Å². The van der Waals surface area contributed by atoms with Gasteiger partial charge < -0.3 is 10.9 Å². The number of guanidine groups is 1. The Hall–Kier alpha value is -1.26. The van der Waals surface area contributed by atoms with Crippen molar-refractivity contribution < 1.29 is 5.21 Å². The first-order chi connectivity index (χ1) is 5.16. The van der Waals surface area contributed by atoms with Gasteiger partial charge in [0.15, 0.2) is 0 Å². The Balaban J connectivity index is 3.45. The highest BCUT2D eigenvalue weighted by Crippen LogP contribution is 1.93. The molecule has 0 spiro atoms. The van der Waals surface area contributed by atoms with E-state index in [0.717, 1.165) is 6.42 Å². The molecule has 0 saturated heterocycles. The van der Waals surface area contributed by atoms with Crippen LogP contribution in [0.1, 0.15) is 20.3 Å². The topological polar surface area (TPSA) is 83.0 Å². The van der Waals surface area contributed by atoms with E-state index >= 15 is 0 Å². The molecule has 0 fully saturated rings. The molecular weight excluding hydrogens is 144 g/mol. The maximum absolute atomic E-state index is 8.07. The molecule has 0 aromatic carbocycles. The molecule has 0 aliphatic rings. The summed E-state index contributed by atoms with van der Waals surface area (Å²) in [4.78, 5) is 0. The van der Waals surface area contributed by atoms with Gasteiger partial charge in [-0.3, -0.25) is 0 Å². The van der Waals surface area contributed by atoms with Crippen LogP contribution in [0.15, 0.2) is 10.3 Å². The average molecular weight is 158 g/mol. The van der Waals surface area contributed by atoms with Gasteiger partial charge in [-0.25, -0.2) is 5.43 Å². The molecule has 11 heavy (non-hydrogen) atoms. The molecule has 0 atom stereocenters. The molecule has 0 unspecified atom stereocenters. The minimum Gasteiger partial charge on any atom is -0.408 e. The number of rotatable bonds is 3. The lowest BCUT2D eigenvalue weighted by Crippen LogP contribution is -2.26. The third-order valence-corrected chi connectivity index (χ3v) is 0.955. The van der Waals surface area contributed by atoms with Crippen molar-refractivity contribution in [2.45, 2.75) is 20.3 Å². The molecule has 0 aliphatic heterocycles. The van der Waals surface area contributed by atoms with Gasteiger partial charge in [-0.15, -0.1) is 0 Å². The Kier molecular flexibility index (Phi) is 4.89. The molecule has 0 aromatic rings. The average Bonchev–Trinajstić information content (AvgIpc) is 1.97. The zero-order valence-corrected chi connectivity index (χ0v) is 6.78. The van der Waals surface area contributed by atoms with Crippen LogP contribution < -0.4 is 11.2 Å². The van der Waals surface area contributed by atoms with E-state index in [4.69, 9.17) is 10.9 Å². The summed E-state index contributed by atoms with van der Waals surface area (Å²) in [5, 5.41) is 14.4. The highest BCUT2D eigenvalue weighted by Gasteiger charge is 1.88. The van der Waals surface area contributed by atoms with Crippen molar-refractivity contribution in [2.24, 2.45) is 21.9 Å². The zero-order valence-electron chi connectivity index (χ0n) is 6.78. The predicted octanol–water partition coefficient (Wildman–Crippen LogP) is 0.312. The maximum atomic E-state index is 8.07. The number of hydrazone groups is 1. The Morgan fingerprint density at radius 1 is 1.73 bits per heavy atom. The third-order valence-electron chi connectivity index (χ3n) is 0.955. The first kappa shape index (κ1) is 9.74. The lowest BCUT2D eigenvalue weighted by atomic mass is 10.2. The number of oxime groups is 1. The fourth-order valence-electron chi connectivity index (χ4n) is 0.398. The summed E-state index contributed by atoms with van der Waals surface area (Å²) in [5.74, 6) is 0.456. The molecule has 0 saturated carbocycles. The molecule has 0 radical (unpaired) electrons. The normalized spacial score (nSPS) is 12.8. The molecule has 5 heteroatoms. The van der Waals surface area contributed by atoms with E-state index in [2.05, 4.69) is 29.5 Å². The number of nitrogens with zero attached hydrogens (tertiary/aromatic N) is 2. The van der Waals surface area contributed by atoms with Gasteiger partial charge in [-0.1, -0.05) is 13.8 Å². The summed E-state index contributed by atoms with van der Waals surface area (Å²) in [6.45, 7) is 4.16. The number of nitrogens with one attached hydrogen (secondary N) is 1. The maximum Gasteiger partial charge on any atom is 0.251 e. The van der Waals surface area contributed by atoms with Crippen molar-refractivity contribution >= 4 is 12.2 Å². The van der Waals surface area contributed by atoms with Gasteiger partial charge in [0.1, 0.15) is 0 Å². The van der Waals surface area contributed by atoms with Gasteiger partial charge in [0.25, 0.3) is 5.96 Å². The summed E-state index contributed by atoms with van der Waals surface area (Å²) in [6.07, 6.45) is 2.55. The van der Waals surface area contributed by atoms with Gasteiger partial charge in [0.05, 0.1) is 0 Å². The second-order valence-electron chi connectivity index (χ2n) is 2.54. The summed E-state index contributed by atoms with van der Waals surface area (Å²) in [6, 6.07) is 0. The Bertz CT molecular complexity index is 153. The van der Waals surface area contributed by atoms with Crippen molar-refractivity contribution in [3.8, 4) is 0 Å². The standard InChI is InChI=1S/C6H14N4O/c1-5(2)3-4-8-9-6(7)10-11/h4-5,11H,3H2,1-2H3,(H3,7,9,10). The molecular formula is C6H14N4O. The first-order valence-electron chi connectivity index (χ1n) is 3.42. The fraction of sp³-hybridized carbons (Fsp3) is 0.667. The number of hydrogen-bond acceptors (Lipinski definition) is 3. The minimum absolute atomic E-state index is 0.106. The van der Waals surface area contributed by atoms with Gasteiger partial charge >= 0.3 is 0 Å². The largest absolute Gasteiger partial charge is 0.408 e. The highest BCUT2D eigenvalue weighted by molar-refractivity contribution is 5.77. The Morgan fingerprint density at radius 3 is 2.82 bits per heavy atom. The van der Waals surface area contributed by atoms with Crippen molar-refractivity contribution in [1.29, 1.82) is 0 Å². The lowest BCUT2D eigenvalue weighted by Gasteiger charge is -1.97. The molecule has 0 bridgehead atoms. The van der Waals surface area contributed by atoms with Gasteiger partial charge in [-0.05, 0) is 17.5 Å². The van der Waals surface area contributed by atoms with E-state index in [-0.39, 0.29) is 5.96 Å². The van der Waals surface area contributed by atoms with Gasteiger partial charge in [0, 0.05) is 6.21 Å². The fourth-order valence-corrected chi connectivity index (χ4v) is 0.398. The van der Waals surface area contributed by atoms with E-state index < -0.39 is 0 Å². The van der Waals surface area contributed by atoms with Crippen LogP contribution in [0.25, 0.3) is 0 Å². The quantitative estimate of drug-likeness (QED) is 0.239. The monoisotopic (exact) mass is 158 g/mol. The van der Waals surface area contributed by atoms with Crippen LogP contribution in [0.3, 0.4) is 0 Å². The predicted molar refractivity (Wildman–Crippen MR) is 44.5 cm³/mol. The van der Waals surface area contributed by atoms with Crippen molar-refractivity contribution in [2.75, 3.05) is 0 Å². The van der Waals surface area contributed by atoms with Crippen LogP contribution in [0.4, 0.5) is 0 Å². The van der Waals surface area contributed by atoms with Crippen LogP contribution in [0.5, 0.6) is 0 Å². The van der Waals surface area contributed by atoms with Crippen molar-refractivity contribution in [3.63, 3.8) is 0 Å². The van der Waals surface area contributed by atoms with Crippen LogP contribution in [0, 0.1) is 5.92 Å². The van der Waals surface area contributed by atoms with E-state index in [1.165, 1.54) is 0 Å². The zero-order chi connectivity index (χ0) is 8.69. The lowest BCUT2D eigenvalue weighted by molar-refractivity contribution is 0.316. The molecule has 0 heterocycles. The molecule has 0 aromatic heterocycles. The molecule has 4 N–H and O–H groups in total. The number of hydrogen-bond donors (Lipinski definition) is 3. The van der Waals surface area contributed by atoms with Gasteiger partial charge in [0.2, 0.25) is 0 Å². The smallest absolute Gasteiger partial charge is 0.251 e. The van der Waals surface area contributed by atoms with Crippen LogP contribution >= 0.6 is 0 Å². The summed E-state index contributed by atoms with van der Waals surface area (Å²) in [7, 11) is 0. The summed E-state index contributed by atoms with van der Waals surface area (Å²) >= 11 is 0. The SMILES string of the molecule is CC(C)CC=NNC(N)=NO. The Labute approximate surface area is 66.0 Å². The van der Waals surface area contributed by atoms with Crippen LogP contribution in [0.2, 0.25) is 0 Å². The van der Waals surface area contributed by atoms with Crippen LogP contribution in [-0.4, -0.2) is 17.4 Å². The second kappa shape index (κ2) is 5.52. The Morgan fingerprint density at radius 2 is 2.36 bits per heavy atom. The highest BCUT2D eigenvalue weighted by atomic mass is 16.4. The summed E-state index contributed by atoms with van der Waals surface area (Å²) in [5.41, 5.74) is 7.40. The van der Waals surface area contributed by atoms with E-state index in [1.807, 2.05) is 0 Å². The molecule has 0 amide bonds. The number of nitrogens with two attached hydrogens (primary N) is 1. The first-order valence-corrected chi connectivity index (χ1v) is 3.42. The third kappa shape index (κ3) is 6.63. The van der Waals surface area contributed by atoms with Gasteiger partial charge in [-0.2, -0.15) is 5.10 Å². The van der Waals surface area contributed by atoms with E-state index in [0.29, 0.717) is 5.92 Å². The molecule has 0 rings (SSSR count). The van der Waals surface area contributed by atoms with Crippen LogP contribution in [-0.2, 0) is 0 Å². The molecule has 0 aliphatic carbocycles.